The quantitative estimate of drug-likeness (QED) is 0.814. The third-order valence-electron chi connectivity index (χ3n) is 2.98. The van der Waals surface area contributed by atoms with Gasteiger partial charge in [-0.1, -0.05) is 12.1 Å². The lowest BCUT2D eigenvalue weighted by atomic mass is 10.2. The van der Waals surface area contributed by atoms with Crippen LogP contribution >= 0.6 is 11.3 Å². The minimum atomic E-state index is 0.383. The number of ether oxygens (including phenoxy) is 1. The van der Waals surface area contributed by atoms with Gasteiger partial charge in [-0.05, 0) is 19.1 Å². The van der Waals surface area contributed by atoms with E-state index in [-0.39, 0.29) is 0 Å². The second-order valence-electron chi connectivity index (χ2n) is 4.18. The maximum absolute atomic E-state index is 5.73. The van der Waals surface area contributed by atoms with Crippen LogP contribution in [0.1, 0.15) is 11.9 Å². The summed E-state index contributed by atoms with van der Waals surface area (Å²) in [6.07, 6.45) is 1.86. The molecule has 0 saturated heterocycles. The molecule has 0 saturated carbocycles. The van der Waals surface area contributed by atoms with Gasteiger partial charge in [0.2, 0.25) is 0 Å². The number of hydrogen-bond donors (Lipinski definition) is 0. The van der Waals surface area contributed by atoms with E-state index in [4.69, 9.17) is 4.74 Å². The third-order valence-corrected chi connectivity index (χ3v) is 3.74. The molecule has 0 N–H and O–H groups in total. The Morgan fingerprint density at radius 2 is 2.35 bits per heavy atom. The molecule has 0 bridgehead atoms. The van der Waals surface area contributed by atoms with Crippen LogP contribution in [0.2, 0.25) is 0 Å². The number of aromatic nitrogens is 1. The van der Waals surface area contributed by atoms with Crippen LogP contribution in [0.4, 0.5) is 5.69 Å². The van der Waals surface area contributed by atoms with E-state index in [2.05, 4.69) is 28.9 Å². The van der Waals surface area contributed by atoms with Crippen LogP contribution in [0.15, 0.2) is 35.8 Å². The first-order valence-corrected chi connectivity index (χ1v) is 6.59. The summed E-state index contributed by atoms with van der Waals surface area (Å²) in [6.45, 7) is 3.78. The molecule has 88 valence electrons. The number of fused-ring (bicyclic) bond motifs is 1. The molecule has 1 aliphatic rings. The molecule has 0 amide bonds. The lowest BCUT2D eigenvalue weighted by Gasteiger charge is -2.36. The van der Waals surface area contributed by atoms with Gasteiger partial charge in [-0.2, -0.15) is 0 Å². The zero-order chi connectivity index (χ0) is 11.7. The van der Waals surface area contributed by atoms with E-state index in [1.54, 1.807) is 11.3 Å². The summed E-state index contributed by atoms with van der Waals surface area (Å²) in [4.78, 5) is 6.71. The molecular formula is C13H14N2OS. The second-order valence-corrected chi connectivity index (χ2v) is 5.16. The van der Waals surface area contributed by atoms with Gasteiger partial charge in [0.1, 0.15) is 17.4 Å². The van der Waals surface area contributed by atoms with Crippen LogP contribution < -0.4 is 9.64 Å². The van der Waals surface area contributed by atoms with Gasteiger partial charge in [-0.15, -0.1) is 11.3 Å². The minimum Gasteiger partial charge on any atom is -0.489 e. The fourth-order valence-corrected chi connectivity index (χ4v) is 2.69. The number of anilines is 1. The summed E-state index contributed by atoms with van der Waals surface area (Å²) in [5, 5.41) is 3.17. The highest BCUT2D eigenvalue weighted by atomic mass is 32.1. The van der Waals surface area contributed by atoms with E-state index in [1.807, 2.05) is 23.7 Å². The zero-order valence-corrected chi connectivity index (χ0v) is 10.5. The highest BCUT2D eigenvalue weighted by Crippen LogP contribution is 2.34. The first-order chi connectivity index (χ1) is 8.34. The van der Waals surface area contributed by atoms with Gasteiger partial charge in [-0.3, -0.25) is 0 Å². The number of rotatable bonds is 2. The monoisotopic (exact) mass is 246 g/mol. The second kappa shape index (κ2) is 4.37. The summed E-state index contributed by atoms with van der Waals surface area (Å²) >= 11 is 1.70. The highest BCUT2D eigenvalue weighted by molar-refractivity contribution is 7.09. The Balaban J connectivity index is 1.92. The smallest absolute Gasteiger partial charge is 0.142 e. The van der Waals surface area contributed by atoms with E-state index < -0.39 is 0 Å². The van der Waals surface area contributed by atoms with E-state index in [0.29, 0.717) is 6.04 Å². The maximum atomic E-state index is 5.73. The van der Waals surface area contributed by atoms with Gasteiger partial charge in [0, 0.05) is 11.6 Å². The molecular weight excluding hydrogens is 232 g/mol. The van der Waals surface area contributed by atoms with E-state index in [1.165, 1.54) is 5.69 Å². The van der Waals surface area contributed by atoms with E-state index >= 15 is 0 Å². The van der Waals surface area contributed by atoms with E-state index in [0.717, 1.165) is 23.9 Å². The molecule has 2 heterocycles. The molecule has 1 aromatic heterocycles. The van der Waals surface area contributed by atoms with Gasteiger partial charge in [-0.25, -0.2) is 4.98 Å². The van der Waals surface area contributed by atoms with Crippen molar-refractivity contribution in [2.24, 2.45) is 0 Å². The average Bonchev–Trinajstić information content (AvgIpc) is 2.86. The van der Waals surface area contributed by atoms with Crippen LogP contribution in [0.25, 0.3) is 0 Å². The molecule has 0 fully saturated rings. The van der Waals surface area contributed by atoms with Crippen molar-refractivity contribution in [3.63, 3.8) is 0 Å². The largest absolute Gasteiger partial charge is 0.489 e. The Kier molecular flexibility index (Phi) is 2.73. The summed E-state index contributed by atoms with van der Waals surface area (Å²) < 4.78 is 5.73. The molecule has 2 aromatic rings. The normalized spacial score (nSPS) is 18.6. The maximum Gasteiger partial charge on any atom is 0.142 e. The van der Waals surface area contributed by atoms with Crippen molar-refractivity contribution >= 4 is 17.0 Å². The van der Waals surface area contributed by atoms with Crippen LogP contribution in [0.5, 0.6) is 5.75 Å². The van der Waals surface area contributed by atoms with Gasteiger partial charge < -0.3 is 9.64 Å². The summed E-state index contributed by atoms with van der Waals surface area (Å²) in [5.41, 5.74) is 1.17. The molecule has 17 heavy (non-hydrogen) atoms. The van der Waals surface area contributed by atoms with Gasteiger partial charge in [0.15, 0.2) is 0 Å². The van der Waals surface area contributed by atoms with Crippen molar-refractivity contribution in [3.8, 4) is 5.75 Å². The Morgan fingerprint density at radius 1 is 1.47 bits per heavy atom. The first kappa shape index (κ1) is 10.6. The van der Waals surface area contributed by atoms with Crippen molar-refractivity contribution < 1.29 is 4.74 Å². The molecule has 1 atom stereocenters. The lowest BCUT2D eigenvalue weighted by molar-refractivity contribution is 0.269. The first-order valence-electron chi connectivity index (χ1n) is 5.71. The van der Waals surface area contributed by atoms with Crippen LogP contribution in [0, 0.1) is 0 Å². The Hall–Kier alpha value is -1.55. The molecule has 1 aromatic carbocycles. The van der Waals surface area contributed by atoms with Crippen molar-refractivity contribution in [1.29, 1.82) is 0 Å². The fraction of sp³-hybridized carbons (Fsp3) is 0.308. The predicted octanol–water partition coefficient (Wildman–Crippen LogP) is 2.93. The lowest BCUT2D eigenvalue weighted by Crippen LogP contribution is -2.40. The van der Waals surface area contributed by atoms with Crippen molar-refractivity contribution in [3.05, 3.63) is 40.8 Å². The predicted molar refractivity (Wildman–Crippen MR) is 69.7 cm³/mol. The molecule has 3 nitrogen and oxygen atoms in total. The molecule has 0 unspecified atom stereocenters. The zero-order valence-electron chi connectivity index (χ0n) is 9.67. The van der Waals surface area contributed by atoms with Gasteiger partial charge in [0.05, 0.1) is 18.3 Å². The number of nitrogens with zero attached hydrogens (tertiary/aromatic N) is 2. The molecule has 0 radical (unpaired) electrons. The summed E-state index contributed by atoms with van der Waals surface area (Å²) in [6, 6.07) is 8.58. The summed E-state index contributed by atoms with van der Waals surface area (Å²) in [7, 11) is 0. The number of benzene rings is 1. The number of thiazole rings is 1. The molecule has 1 aliphatic heterocycles. The summed E-state index contributed by atoms with van der Waals surface area (Å²) in [5.74, 6) is 0.974. The van der Waals surface area contributed by atoms with Crippen molar-refractivity contribution in [1.82, 2.24) is 4.98 Å². The average molecular weight is 246 g/mol. The van der Waals surface area contributed by atoms with Crippen molar-refractivity contribution in [2.45, 2.75) is 19.5 Å². The van der Waals surface area contributed by atoms with E-state index in [9.17, 15) is 0 Å². The number of hydrogen-bond acceptors (Lipinski definition) is 4. The minimum absolute atomic E-state index is 0.383. The molecule has 4 heteroatoms. The van der Waals surface area contributed by atoms with Crippen LogP contribution in [-0.4, -0.2) is 17.6 Å². The molecule has 3 rings (SSSR count). The standard InChI is InChI=1S/C13H14N2OS/c1-10-9-16-12-5-3-2-4-11(12)15(10)8-13-14-6-7-17-13/h2-7,10H,8-9H2,1H3/t10-/m0/s1. The highest BCUT2D eigenvalue weighted by Gasteiger charge is 2.24. The van der Waals surface area contributed by atoms with Crippen LogP contribution in [0.3, 0.4) is 0 Å². The third kappa shape index (κ3) is 2.00. The number of para-hydroxylation sites is 2. The van der Waals surface area contributed by atoms with Gasteiger partial charge in [0.25, 0.3) is 0 Å². The Morgan fingerprint density at radius 3 is 3.18 bits per heavy atom. The Labute approximate surface area is 105 Å². The van der Waals surface area contributed by atoms with Crippen LogP contribution in [-0.2, 0) is 6.54 Å². The van der Waals surface area contributed by atoms with Crippen molar-refractivity contribution in [2.75, 3.05) is 11.5 Å². The topological polar surface area (TPSA) is 25.4 Å². The SMILES string of the molecule is C[C@H]1COc2ccccc2N1Cc1nccs1. The molecule has 0 spiro atoms. The molecule has 0 aliphatic carbocycles. The fourth-order valence-electron chi connectivity index (χ4n) is 2.07. The Bertz CT molecular complexity index is 498. The van der Waals surface area contributed by atoms with Gasteiger partial charge >= 0.3 is 0 Å².